The van der Waals surface area contributed by atoms with Crippen LogP contribution in [0, 0.1) is 5.92 Å². The molecule has 0 spiro atoms. The van der Waals surface area contributed by atoms with E-state index in [0.29, 0.717) is 34.9 Å². The van der Waals surface area contributed by atoms with Crippen molar-refractivity contribution in [1.29, 1.82) is 0 Å². The van der Waals surface area contributed by atoms with Gasteiger partial charge in [-0.25, -0.2) is 0 Å². The molecular weight excluding hydrogens is 602 g/mol. The van der Waals surface area contributed by atoms with Crippen molar-refractivity contribution in [2.75, 3.05) is 44.2 Å². The molecule has 1 fully saturated rings. The summed E-state index contributed by atoms with van der Waals surface area (Å²) in [4.78, 5) is 29.6. The van der Waals surface area contributed by atoms with Crippen LogP contribution in [0.2, 0.25) is 5.02 Å². The molecule has 1 heterocycles. The first-order valence-corrected chi connectivity index (χ1v) is 16.6. The second-order valence-electron chi connectivity index (χ2n) is 12.7. The van der Waals surface area contributed by atoms with Crippen LogP contribution in [-0.2, 0) is 27.2 Å². The lowest BCUT2D eigenvalue weighted by Crippen LogP contribution is -2.41. The van der Waals surface area contributed by atoms with Crippen molar-refractivity contribution in [2.24, 2.45) is 5.92 Å². The molecule has 0 radical (unpaired) electrons. The molecule has 3 aromatic carbocycles. The predicted octanol–water partition coefficient (Wildman–Crippen LogP) is 6.77. The van der Waals surface area contributed by atoms with E-state index in [-0.39, 0.29) is 37.0 Å². The number of methoxy groups -OCH3 is 2. The molecule has 3 aromatic rings. The number of hydrogen-bond acceptors (Lipinski definition) is 7. The van der Waals surface area contributed by atoms with Crippen LogP contribution in [0.5, 0.6) is 11.5 Å². The Kier molecular flexibility index (Phi) is 11.1. The number of carbonyl (C=O) groups is 2. The number of nitrogens with zero attached hydrogens (tertiary/aromatic N) is 2. The number of ether oxygens (including phenoxy) is 3. The van der Waals surface area contributed by atoms with Gasteiger partial charge in [-0.05, 0) is 117 Å². The number of nitrogens with one attached hydrogen (secondary N) is 1. The maximum absolute atomic E-state index is 13.9. The molecule has 1 N–H and O–H groups in total. The Morgan fingerprint density at radius 3 is 2.33 bits per heavy atom. The van der Waals surface area contributed by atoms with Crippen LogP contribution in [0.1, 0.15) is 62.3 Å². The molecule has 0 bridgehead atoms. The van der Waals surface area contributed by atoms with Crippen LogP contribution in [0.4, 0.5) is 11.4 Å². The van der Waals surface area contributed by atoms with Crippen molar-refractivity contribution in [3.63, 3.8) is 0 Å². The van der Waals surface area contributed by atoms with Crippen LogP contribution in [0.3, 0.4) is 0 Å². The van der Waals surface area contributed by atoms with Gasteiger partial charge in [0.25, 0.3) is 0 Å². The monoisotopic (exact) mass is 647 g/mol. The van der Waals surface area contributed by atoms with E-state index in [1.165, 1.54) is 7.11 Å². The van der Waals surface area contributed by atoms with E-state index in [1.807, 2.05) is 49.1 Å². The number of benzene rings is 3. The van der Waals surface area contributed by atoms with Crippen LogP contribution >= 0.6 is 11.6 Å². The van der Waals surface area contributed by atoms with E-state index in [9.17, 15) is 9.59 Å². The lowest BCUT2D eigenvalue weighted by molar-refractivity contribution is -0.139. The summed E-state index contributed by atoms with van der Waals surface area (Å²) in [6.07, 6.45) is 5.22. The summed E-state index contributed by atoms with van der Waals surface area (Å²) in [5, 5.41) is 4.01. The fourth-order valence-electron chi connectivity index (χ4n) is 6.73. The van der Waals surface area contributed by atoms with Gasteiger partial charge >= 0.3 is 5.97 Å². The molecule has 46 heavy (non-hydrogen) atoms. The standard InChI is InChI=1S/C37H46ClN3O5/c1-24(2)46-35-21-32-27(19-34(35)44-4)20-36(42)41(33(32)18-25-6-10-28(38)11-7-25)31-16-14-30(15-17-31)40(3)23-26-8-12-29(13-9-26)39-22-37(43)45-5/h6-7,10-11,14-17,19,21,24,26,29,33,39H,8-9,12-13,18,20,22-23H2,1-5H3. The van der Waals surface area contributed by atoms with Crippen molar-refractivity contribution in [3.05, 3.63) is 82.4 Å². The highest BCUT2D eigenvalue weighted by Gasteiger charge is 2.35. The Morgan fingerprint density at radius 1 is 1.00 bits per heavy atom. The molecule has 246 valence electrons. The molecule has 0 aromatic heterocycles. The largest absolute Gasteiger partial charge is 0.493 e. The fourth-order valence-corrected chi connectivity index (χ4v) is 6.85. The molecular formula is C37H46ClN3O5. The molecule has 2 aliphatic rings. The maximum atomic E-state index is 13.9. The van der Waals surface area contributed by atoms with Crippen molar-refractivity contribution in [2.45, 2.75) is 70.6 Å². The lowest BCUT2D eigenvalue weighted by Gasteiger charge is -2.38. The first-order chi connectivity index (χ1) is 22.1. The Hall–Kier alpha value is -3.75. The minimum atomic E-state index is -0.232. The van der Waals surface area contributed by atoms with Crippen LogP contribution in [0.15, 0.2) is 60.7 Å². The van der Waals surface area contributed by atoms with Crippen molar-refractivity contribution < 1.29 is 23.8 Å². The highest BCUT2D eigenvalue weighted by Crippen LogP contribution is 2.42. The number of hydrogen-bond donors (Lipinski definition) is 1. The zero-order valence-electron chi connectivity index (χ0n) is 27.6. The Balaban J connectivity index is 1.34. The molecule has 9 heteroatoms. The van der Waals surface area contributed by atoms with Gasteiger partial charge in [0.2, 0.25) is 5.91 Å². The summed E-state index contributed by atoms with van der Waals surface area (Å²) >= 11 is 6.20. The number of rotatable bonds is 12. The van der Waals surface area contributed by atoms with E-state index >= 15 is 0 Å². The molecule has 8 nitrogen and oxygen atoms in total. The van der Waals surface area contributed by atoms with Crippen molar-refractivity contribution in [3.8, 4) is 11.5 Å². The number of halogens is 1. The van der Waals surface area contributed by atoms with Gasteiger partial charge in [0.1, 0.15) is 0 Å². The van der Waals surface area contributed by atoms with E-state index in [1.54, 1.807) is 7.11 Å². The predicted molar refractivity (Wildman–Crippen MR) is 183 cm³/mol. The number of esters is 1. The molecule has 1 atom stereocenters. The smallest absolute Gasteiger partial charge is 0.319 e. The van der Waals surface area contributed by atoms with Gasteiger partial charge in [-0.2, -0.15) is 0 Å². The van der Waals surface area contributed by atoms with E-state index < -0.39 is 0 Å². The summed E-state index contributed by atoms with van der Waals surface area (Å²) in [5.41, 5.74) is 5.09. The minimum absolute atomic E-state index is 0.0224. The zero-order valence-corrected chi connectivity index (χ0v) is 28.3. The van der Waals surface area contributed by atoms with Crippen molar-refractivity contribution in [1.82, 2.24) is 5.32 Å². The van der Waals surface area contributed by atoms with Gasteiger partial charge in [0.05, 0.1) is 39.3 Å². The Morgan fingerprint density at radius 2 is 1.70 bits per heavy atom. The van der Waals surface area contributed by atoms with Gasteiger partial charge < -0.3 is 29.3 Å². The van der Waals surface area contributed by atoms with Gasteiger partial charge in [0.15, 0.2) is 11.5 Å². The normalized spacial score (nSPS) is 19.5. The topological polar surface area (TPSA) is 80.3 Å². The summed E-state index contributed by atoms with van der Waals surface area (Å²) < 4.78 is 16.6. The summed E-state index contributed by atoms with van der Waals surface area (Å²) in [6.45, 7) is 5.21. The fraction of sp³-hybridized carbons (Fsp3) is 0.459. The third kappa shape index (κ3) is 8.15. The van der Waals surface area contributed by atoms with Gasteiger partial charge in [-0.3, -0.25) is 9.59 Å². The number of amides is 1. The number of fused-ring (bicyclic) bond motifs is 1. The zero-order chi connectivity index (χ0) is 32.8. The number of anilines is 2. The summed E-state index contributed by atoms with van der Waals surface area (Å²) in [5.74, 6) is 1.73. The number of carbonyl (C=O) groups excluding carboxylic acids is 2. The molecule has 1 saturated carbocycles. The highest BCUT2D eigenvalue weighted by molar-refractivity contribution is 6.30. The Bertz CT molecular complexity index is 1490. The molecule has 5 rings (SSSR count). The second kappa shape index (κ2) is 15.2. The Labute approximate surface area is 278 Å². The van der Waals surface area contributed by atoms with Crippen molar-refractivity contribution >= 4 is 34.9 Å². The van der Waals surface area contributed by atoms with Crippen LogP contribution < -0.4 is 24.6 Å². The second-order valence-corrected chi connectivity index (χ2v) is 13.2. The highest BCUT2D eigenvalue weighted by atomic mass is 35.5. The minimum Gasteiger partial charge on any atom is -0.493 e. The molecule has 1 aliphatic heterocycles. The summed E-state index contributed by atoms with van der Waals surface area (Å²) in [7, 11) is 5.18. The lowest BCUT2D eigenvalue weighted by atomic mass is 9.85. The van der Waals surface area contributed by atoms with Gasteiger partial charge in [-0.15, -0.1) is 0 Å². The van der Waals surface area contributed by atoms with E-state index in [2.05, 4.69) is 47.6 Å². The van der Waals surface area contributed by atoms with Gasteiger partial charge in [0, 0.05) is 36.0 Å². The SMILES string of the molecule is COC(=O)CNC1CCC(CN(C)c2ccc(N3C(=O)Cc4cc(OC)c(OC(C)C)cc4C3Cc3ccc(Cl)cc3)cc2)CC1. The maximum Gasteiger partial charge on any atom is 0.319 e. The molecule has 1 unspecified atom stereocenters. The summed E-state index contributed by atoms with van der Waals surface area (Å²) in [6, 6.07) is 20.3. The van der Waals surface area contributed by atoms with Gasteiger partial charge in [-0.1, -0.05) is 23.7 Å². The van der Waals surface area contributed by atoms with Crippen LogP contribution in [-0.4, -0.2) is 58.4 Å². The first-order valence-electron chi connectivity index (χ1n) is 16.2. The third-order valence-electron chi connectivity index (χ3n) is 9.12. The average molecular weight is 648 g/mol. The third-order valence-corrected chi connectivity index (χ3v) is 9.37. The average Bonchev–Trinajstić information content (AvgIpc) is 3.05. The van der Waals surface area contributed by atoms with E-state index in [4.69, 9.17) is 25.8 Å². The van der Waals surface area contributed by atoms with E-state index in [0.717, 1.165) is 60.3 Å². The first kappa shape index (κ1) is 33.6. The molecule has 1 amide bonds. The molecule has 1 aliphatic carbocycles. The van der Waals surface area contributed by atoms with Crippen LogP contribution in [0.25, 0.3) is 0 Å². The molecule has 0 saturated heterocycles. The quantitative estimate of drug-likeness (QED) is 0.218.